The molecule has 1 rings (SSSR count). The maximum absolute atomic E-state index is 14.3. The lowest BCUT2D eigenvalue weighted by molar-refractivity contribution is -0.148. The molecule has 1 aliphatic heterocycles. The molecule has 59 heavy (non-hydrogen) atoms. The highest BCUT2D eigenvalue weighted by atomic mass is 32.2. The van der Waals surface area contributed by atoms with E-state index < -0.39 is 76.0 Å². The van der Waals surface area contributed by atoms with E-state index >= 15 is 0 Å². The summed E-state index contributed by atoms with van der Waals surface area (Å²) in [5.41, 5.74) is 0.586. The van der Waals surface area contributed by atoms with E-state index in [2.05, 4.69) is 29.1 Å². The van der Waals surface area contributed by atoms with Crippen LogP contribution < -0.4 is 16.0 Å². The van der Waals surface area contributed by atoms with E-state index in [9.17, 15) is 32.4 Å². The van der Waals surface area contributed by atoms with Gasteiger partial charge in [0.25, 0.3) is 10.1 Å². The van der Waals surface area contributed by atoms with E-state index in [1.54, 1.807) is 29.8 Å². The zero-order valence-electron chi connectivity index (χ0n) is 37.5. The Morgan fingerprint density at radius 1 is 0.915 bits per heavy atom. The van der Waals surface area contributed by atoms with Gasteiger partial charge in [0.05, 0.1) is 48.4 Å². The van der Waals surface area contributed by atoms with Crippen molar-refractivity contribution in [2.45, 2.75) is 123 Å². The summed E-state index contributed by atoms with van der Waals surface area (Å²) >= 11 is 0. The highest BCUT2D eigenvalue weighted by Gasteiger charge is 2.43. The number of likely N-dealkylation sites (tertiary alicyclic amines) is 1. The Morgan fingerprint density at radius 3 is 2.02 bits per heavy atom. The van der Waals surface area contributed by atoms with E-state index in [1.165, 1.54) is 26.4 Å². The minimum atomic E-state index is -4.33. The minimum absolute atomic E-state index is 0.0124. The van der Waals surface area contributed by atoms with Crippen LogP contribution in [0.25, 0.3) is 0 Å². The highest BCUT2D eigenvalue weighted by molar-refractivity contribution is 7.85. The van der Waals surface area contributed by atoms with Crippen LogP contribution in [0.1, 0.15) is 80.6 Å². The van der Waals surface area contributed by atoms with Crippen molar-refractivity contribution in [2.75, 3.05) is 54.2 Å². The number of hydrogen-bond acceptors (Lipinski definition) is 10. The molecular weight excluding hydrogens is 781 g/mol. The summed E-state index contributed by atoms with van der Waals surface area (Å²) in [7, 11) is 3.99. The summed E-state index contributed by atoms with van der Waals surface area (Å²) in [5, 5.41) is 8.21. The summed E-state index contributed by atoms with van der Waals surface area (Å²) in [6, 6.07) is -3.39. The number of likely N-dealkylation sites (N-methyl/N-ethyl adjacent to an activating group) is 2. The van der Waals surface area contributed by atoms with E-state index in [-0.39, 0.29) is 54.9 Å². The number of carbonyl (C=O) groups is 5. The number of methoxy groups -OCH3 is 2. The van der Waals surface area contributed by atoms with Crippen molar-refractivity contribution < 1.29 is 46.4 Å². The quantitative estimate of drug-likeness (QED) is 0.0736. The Kier molecular flexibility index (Phi) is 22.8. The summed E-state index contributed by atoms with van der Waals surface area (Å²) in [6.07, 6.45) is 5.03. The van der Waals surface area contributed by atoms with Gasteiger partial charge in [-0.3, -0.25) is 33.4 Å². The maximum atomic E-state index is 14.3. The average Bonchev–Trinajstić information content (AvgIpc) is 3.64. The zero-order chi connectivity index (χ0) is 45.4. The molecule has 0 radical (unpaired) electrons. The van der Waals surface area contributed by atoms with Crippen LogP contribution >= 0.6 is 0 Å². The van der Waals surface area contributed by atoms with Gasteiger partial charge in [0.15, 0.2) is 0 Å². The van der Waals surface area contributed by atoms with E-state index in [4.69, 9.17) is 14.0 Å². The molecule has 0 aromatic carbocycles. The van der Waals surface area contributed by atoms with Gasteiger partial charge in [-0.15, -0.1) is 0 Å². The normalized spacial score (nSPS) is 18.9. The molecule has 0 aromatic heterocycles. The second-order valence-electron chi connectivity index (χ2n) is 16.5. The smallest absolute Gasteiger partial charge is 0.266 e. The first-order valence-electron chi connectivity index (χ1n) is 20.6. The van der Waals surface area contributed by atoms with Crippen molar-refractivity contribution in [1.29, 1.82) is 0 Å². The van der Waals surface area contributed by atoms with Crippen LogP contribution in [0.4, 0.5) is 0 Å². The number of amides is 5. The molecule has 1 saturated heterocycles. The van der Waals surface area contributed by atoms with E-state index in [1.807, 2.05) is 60.5 Å². The Morgan fingerprint density at radius 2 is 1.54 bits per heavy atom. The van der Waals surface area contributed by atoms with Crippen molar-refractivity contribution >= 4 is 39.7 Å². The largest absolute Gasteiger partial charge is 0.379 e. The van der Waals surface area contributed by atoms with Gasteiger partial charge in [-0.05, 0) is 50.3 Å². The predicted molar refractivity (Wildman–Crippen MR) is 230 cm³/mol. The summed E-state index contributed by atoms with van der Waals surface area (Å²) in [4.78, 5) is 74.2. The van der Waals surface area contributed by atoms with Crippen molar-refractivity contribution in [3.63, 3.8) is 0 Å². The molecule has 16 nitrogen and oxygen atoms in total. The fraction of sp³-hybridized carbons (Fsp3) is 0.738. The third kappa shape index (κ3) is 16.1. The Bertz CT molecular complexity index is 1560. The van der Waals surface area contributed by atoms with Crippen LogP contribution in [0.5, 0.6) is 0 Å². The van der Waals surface area contributed by atoms with Crippen LogP contribution in [0.3, 0.4) is 0 Å². The van der Waals surface area contributed by atoms with Gasteiger partial charge >= 0.3 is 0 Å². The number of hydrogen-bond donors (Lipinski definition) is 4. The standard InChI is InChI=1S/C42H74N6O10S/c1-15-19-30(17-3)24-31(40(51)43-21-23-59(54,55)56)44-39(50)29(9)38(58-14)32-20-18-22-48(32)34(49)25-33(57-13)37(28(8)16-2)47(12)42(53)35(26(4)5)45-41(52)36(27(6)7)46(10)11/h15,17,19,26-29,31-33,35-38H,1,3,16,18,20-25H2,2,4-14H3,(H,43,51)(H,44,50)(H,45,52)(H,54,55,56)/b30-19+/t28?,29?,31?,32?,33?,35-,36?,37?,38?/m0/s1. The molecule has 0 bridgehead atoms. The topological polar surface area (TPSA) is 204 Å². The van der Waals surface area contributed by atoms with Crippen LogP contribution in [-0.4, -0.2) is 154 Å². The molecule has 5 amide bonds. The molecule has 1 heterocycles. The maximum Gasteiger partial charge on any atom is 0.266 e. The number of allylic oxidation sites excluding steroid dienone is 3. The minimum Gasteiger partial charge on any atom is -0.379 e. The molecular formula is C42H74N6O10S. The summed E-state index contributed by atoms with van der Waals surface area (Å²) < 4.78 is 43.5. The molecule has 1 aliphatic rings. The van der Waals surface area contributed by atoms with Gasteiger partial charge < -0.3 is 35.2 Å². The number of nitrogens with one attached hydrogen (secondary N) is 3. The molecule has 338 valence electrons. The lowest BCUT2D eigenvalue weighted by Gasteiger charge is -2.41. The molecule has 0 saturated carbocycles. The summed E-state index contributed by atoms with van der Waals surface area (Å²) in [6.45, 7) is 20.8. The average molecular weight is 855 g/mol. The van der Waals surface area contributed by atoms with E-state index in [0.717, 1.165) is 0 Å². The SMILES string of the molecule is C=C/C=C(\C=C)CC(NC(=O)C(C)C(OC)C1CCCN1C(=O)CC(OC)C(C(C)CC)N(C)C(=O)[C@@H](NC(=O)C(C(C)C)N(C)C)C(C)C)C(=O)NCCS(=O)(=O)O. The van der Waals surface area contributed by atoms with Crippen LogP contribution in [-0.2, 0) is 43.6 Å². The van der Waals surface area contributed by atoms with Crippen molar-refractivity contribution in [1.82, 2.24) is 30.7 Å². The van der Waals surface area contributed by atoms with Crippen LogP contribution in [0.2, 0.25) is 0 Å². The van der Waals surface area contributed by atoms with Crippen molar-refractivity contribution in [2.24, 2.45) is 23.7 Å². The zero-order valence-corrected chi connectivity index (χ0v) is 38.3. The first-order valence-corrected chi connectivity index (χ1v) is 22.2. The summed E-state index contributed by atoms with van der Waals surface area (Å²) in [5.74, 6) is -3.78. The van der Waals surface area contributed by atoms with E-state index in [0.29, 0.717) is 31.4 Å². The fourth-order valence-corrected chi connectivity index (χ4v) is 8.32. The highest BCUT2D eigenvalue weighted by Crippen LogP contribution is 2.30. The van der Waals surface area contributed by atoms with Gasteiger partial charge in [-0.1, -0.05) is 86.3 Å². The third-order valence-electron chi connectivity index (χ3n) is 11.3. The monoisotopic (exact) mass is 855 g/mol. The molecule has 17 heteroatoms. The van der Waals surface area contributed by atoms with Gasteiger partial charge in [0.2, 0.25) is 29.5 Å². The van der Waals surface area contributed by atoms with Gasteiger partial charge in [0.1, 0.15) is 12.1 Å². The lowest BCUT2D eigenvalue weighted by Crippen LogP contribution is -2.59. The second kappa shape index (κ2) is 25.2. The van der Waals surface area contributed by atoms with Gasteiger partial charge in [-0.25, -0.2) is 0 Å². The number of rotatable bonds is 26. The Labute approximate surface area is 353 Å². The molecule has 0 aromatic rings. The first kappa shape index (κ1) is 53.4. The van der Waals surface area contributed by atoms with Gasteiger partial charge in [-0.2, -0.15) is 8.42 Å². The Hall–Kier alpha value is -3.64. The fourth-order valence-electron chi connectivity index (χ4n) is 7.96. The van der Waals surface area contributed by atoms with Crippen LogP contribution in [0.15, 0.2) is 37.0 Å². The predicted octanol–water partition coefficient (Wildman–Crippen LogP) is 2.81. The number of carbonyl (C=O) groups excluding carboxylic acids is 5. The molecule has 1 fully saturated rings. The number of ether oxygens (including phenoxy) is 2. The van der Waals surface area contributed by atoms with Gasteiger partial charge in [0, 0.05) is 40.8 Å². The molecule has 0 spiro atoms. The molecule has 8 unspecified atom stereocenters. The second-order valence-corrected chi connectivity index (χ2v) is 18.1. The third-order valence-corrected chi connectivity index (χ3v) is 12.0. The molecule has 9 atom stereocenters. The number of nitrogens with zero attached hydrogens (tertiary/aromatic N) is 3. The van der Waals surface area contributed by atoms with Crippen LogP contribution in [0, 0.1) is 23.7 Å². The Balaban J connectivity index is 3.35. The van der Waals surface area contributed by atoms with Crippen molar-refractivity contribution in [3.05, 3.63) is 37.0 Å². The molecule has 0 aliphatic carbocycles. The molecule has 4 N–H and O–H groups in total. The lowest BCUT2D eigenvalue weighted by atomic mass is 9.89. The van der Waals surface area contributed by atoms with Crippen molar-refractivity contribution in [3.8, 4) is 0 Å². The first-order chi connectivity index (χ1) is 27.5.